The molecule has 1 atom stereocenters. The van der Waals surface area contributed by atoms with Crippen LogP contribution in [-0.4, -0.2) is 6.61 Å². The smallest absolute Gasteiger partial charge is 0.123 e. The minimum Gasteiger partial charge on any atom is -0.493 e. The molecule has 1 radical (unpaired) electrons. The van der Waals surface area contributed by atoms with Gasteiger partial charge in [0.25, 0.3) is 0 Å². The maximum Gasteiger partial charge on any atom is 0.123 e. The van der Waals surface area contributed by atoms with Gasteiger partial charge in [-0.15, -0.1) is 0 Å². The summed E-state index contributed by atoms with van der Waals surface area (Å²) in [6.45, 7) is 0.769. The summed E-state index contributed by atoms with van der Waals surface area (Å²) >= 11 is 5.26. The van der Waals surface area contributed by atoms with Crippen LogP contribution in [0.5, 0.6) is 5.75 Å². The molecule has 0 spiro atoms. The second-order valence-electron chi connectivity index (χ2n) is 2.66. The third-order valence-electron chi connectivity index (χ3n) is 1.90. The number of rotatable bonds is 0. The van der Waals surface area contributed by atoms with Gasteiger partial charge in [0.2, 0.25) is 0 Å². The van der Waals surface area contributed by atoms with Gasteiger partial charge in [0, 0.05) is 10.8 Å². The normalized spacial score (nSPS) is 22.1. The van der Waals surface area contributed by atoms with Gasteiger partial charge in [-0.2, -0.15) is 0 Å². The Kier molecular flexibility index (Phi) is 1.78. The quantitative estimate of drug-likeness (QED) is 0.574. The van der Waals surface area contributed by atoms with Crippen molar-refractivity contribution in [1.29, 1.82) is 0 Å². The summed E-state index contributed by atoms with van der Waals surface area (Å²) in [5.74, 6) is 0.971. The minimum absolute atomic E-state index is 0.250. The molecule has 1 unspecified atom stereocenters. The van der Waals surface area contributed by atoms with Crippen molar-refractivity contribution in [2.45, 2.75) is 11.7 Å². The second kappa shape index (κ2) is 2.78. The summed E-state index contributed by atoms with van der Waals surface area (Å²) < 4.78 is 5.43. The molecule has 0 fully saturated rings. The SMILES string of the molecule is [S]C1CCOc2ccccc21. The van der Waals surface area contributed by atoms with Crippen LogP contribution >= 0.6 is 12.6 Å². The molecule has 0 saturated carbocycles. The van der Waals surface area contributed by atoms with Gasteiger partial charge >= 0.3 is 0 Å². The van der Waals surface area contributed by atoms with E-state index in [1.54, 1.807) is 0 Å². The summed E-state index contributed by atoms with van der Waals surface area (Å²) in [4.78, 5) is 0. The van der Waals surface area contributed by atoms with Gasteiger partial charge in [-0.3, -0.25) is 0 Å². The Hall–Kier alpha value is -0.630. The monoisotopic (exact) mass is 165 g/mol. The van der Waals surface area contributed by atoms with Crippen molar-refractivity contribution in [2.24, 2.45) is 0 Å². The number of para-hydroxylation sites is 1. The number of fused-ring (bicyclic) bond motifs is 1. The first-order valence-corrected chi connectivity index (χ1v) is 4.22. The molecule has 0 bridgehead atoms. The Morgan fingerprint density at radius 1 is 1.36 bits per heavy atom. The highest BCUT2D eigenvalue weighted by atomic mass is 32.1. The van der Waals surface area contributed by atoms with Crippen LogP contribution in [0.2, 0.25) is 0 Å². The van der Waals surface area contributed by atoms with E-state index < -0.39 is 0 Å². The predicted molar refractivity (Wildman–Crippen MR) is 46.9 cm³/mol. The van der Waals surface area contributed by atoms with E-state index in [-0.39, 0.29) is 5.25 Å². The fourth-order valence-electron chi connectivity index (χ4n) is 1.31. The first-order valence-electron chi connectivity index (χ1n) is 3.75. The third kappa shape index (κ3) is 1.23. The molecule has 1 aliphatic rings. The van der Waals surface area contributed by atoms with E-state index in [2.05, 4.69) is 0 Å². The first-order chi connectivity index (χ1) is 5.38. The van der Waals surface area contributed by atoms with Gasteiger partial charge in [0.05, 0.1) is 6.61 Å². The van der Waals surface area contributed by atoms with Crippen LogP contribution in [0.15, 0.2) is 24.3 Å². The molecule has 1 heterocycles. The van der Waals surface area contributed by atoms with Gasteiger partial charge < -0.3 is 4.74 Å². The number of benzene rings is 1. The van der Waals surface area contributed by atoms with Crippen LogP contribution in [-0.2, 0) is 0 Å². The molecule has 0 N–H and O–H groups in total. The van der Waals surface area contributed by atoms with Crippen molar-refractivity contribution in [3.05, 3.63) is 29.8 Å². The van der Waals surface area contributed by atoms with Gasteiger partial charge in [-0.05, 0) is 12.5 Å². The lowest BCUT2D eigenvalue weighted by atomic mass is 10.1. The summed E-state index contributed by atoms with van der Waals surface area (Å²) in [7, 11) is 0. The summed E-state index contributed by atoms with van der Waals surface area (Å²) in [6.07, 6.45) is 0.965. The largest absolute Gasteiger partial charge is 0.493 e. The molecule has 1 aromatic carbocycles. The molecule has 0 aliphatic carbocycles. The van der Waals surface area contributed by atoms with E-state index in [1.165, 1.54) is 5.56 Å². The van der Waals surface area contributed by atoms with Crippen molar-refractivity contribution < 1.29 is 4.74 Å². The number of hydrogen-bond donors (Lipinski definition) is 0. The molecule has 0 amide bonds. The zero-order valence-electron chi connectivity index (χ0n) is 6.12. The topological polar surface area (TPSA) is 9.23 Å². The highest BCUT2D eigenvalue weighted by Gasteiger charge is 2.17. The number of ether oxygens (including phenoxy) is 1. The number of hydrogen-bond acceptors (Lipinski definition) is 1. The zero-order chi connectivity index (χ0) is 7.68. The van der Waals surface area contributed by atoms with E-state index in [4.69, 9.17) is 17.4 Å². The zero-order valence-corrected chi connectivity index (χ0v) is 6.93. The molecular formula is C9H9OS. The van der Waals surface area contributed by atoms with Crippen LogP contribution in [0.3, 0.4) is 0 Å². The molecule has 2 heteroatoms. The lowest BCUT2D eigenvalue weighted by molar-refractivity contribution is 0.287. The van der Waals surface area contributed by atoms with E-state index in [9.17, 15) is 0 Å². The summed E-state index contributed by atoms with van der Waals surface area (Å²) in [6, 6.07) is 8.01. The maximum atomic E-state index is 5.43. The van der Waals surface area contributed by atoms with Crippen LogP contribution < -0.4 is 4.74 Å². The van der Waals surface area contributed by atoms with Crippen molar-refractivity contribution in [3.8, 4) is 5.75 Å². The molecule has 0 aromatic heterocycles. The average molecular weight is 165 g/mol. The van der Waals surface area contributed by atoms with Gasteiger partial charge in [-0.1, -0.05) is 30.8 Å². The van der Waals surface area contributed by atoms with Crippen molar-refractivity contribution in [3.63, 3.8) is 0 Å². The van der Waals surface area contributed by atoms with Crippen LogP contribution in [0.1, 0.15) is 17.2 Å². The highest BCUT2D eigenvalue weighted by Crippen LogP contribution is 2.35. The molecule has 0 saturated heterocycles. The molecule has 1 nitrogen and oxygen atoms in total. The first kappa shape index (κ1) is 7.04. The molecule has 1 aromatic rings. The second-order valence-corrected chi connectivity index (χ2v) is 3.23. The third-order valence-corrected chi connectivity index (χ3v) is 2.39. The highest BCUT2D eigenvalue weighted by molar-refractivity contribution is 7.80. The molecule has 57 valence electrons. The Morgan fingerprint density at radius 2 is 2.18 bits per heavy atom. The Balaban J connectivity index is 2.44. The van der Waals surface area contributed by atoms with Crippen LogP contribution in [0.25, 0.3) is 0 Å². The van der Waals surface area contributed by atoms with E-state index >= 15 is 0 Å². The van der Waals surface area contributed by atoms with Crippen molar-refractivity contribution in [1.82, 2.24) is 0 Å². The van der Waals surface area contributed by atoms with Gasteiger partial charge in [0.1, 0.15) is 5.75 Å². The minimum atomic E-state index is 0.250. The van der Waals surface area contributed by atoms with Crippen LogP contribution in [0, 0.1) is 0 Å². The standard InChI is InChI=1S/C9H9OS/c11-9-5-6-10-8-4-2-1-3-7(8)9/h1-4,9H,5-6H2. The fourth-order valence-corrected chi connectivity index (χ4v) is 1.60. The summed E-state index contributed by atoms with van der Waals surface area (Å²) in [5, 5.41) is 0.250. The average Bonchev–Trinajstić information content (AvgIpc) is 2.06. The van der Waals surface area contributed by atoms with Gasteiger partial charge in [0.15, 0.2) is 0 Å². The predicted octanol–water partition coefficient (Wildman–Crippen LogP) is 2.71. The van der Waals surface area contributed by atoms with Crippen LogP contribution in [0.4, 0.5) is 0 Å². The Morgan fingerprint density at radius 3 is 3.00 bits per heavy atom. The van der Waals surface area contributed by atoms with E-state index in [1.807, 2.05) is 24.3 Å². The molecular weight excluding hydrogens is 156 g/mol. The van der Waals surface area contributed by atoms with E-state index in [0.29, 0.717) is 0 Å². The summed E-state index contributed by atoms with van der Waals surface area (Å²) in [5.41, 5.74) is 1.17. The Labute approximate surface area is 71.8 Å². The lowest BCUT2D eigenvalue weighted by Crippen LogP contribution is -2.09. The van der Waals surface area contributed by atoms with Gasteiger partial charge in [-0.25, -0.2) is 0 Å². The van der Waals surface area contributed by atoms with Crippen molar-refractivity contribution in [2.75, 3.05) is 6.61 Å². The lowest BCUT2D eigenvalue weighted by Gasteiger charge is -2.21. The molecule has 11 heavy (non-hydrogen) atoms. The van der Waals surface area contributed by atoms with Crippen molar-refractivity contribution >= 4 is 12.6 Å². The molecule has 2 rings (SSSR count). The Bertz CT molecular complexity index is 259. The molecule has 1 aliphatic heterocycles. The van der Waals surface area contributed by atoms with E-state index in [0.717, 1.165) is 18.8 Å². The fraction of sp³-hybridized carbons (Fsp3) is 0.333. The maximum absolute atomic E-state index is 5.43.